The lowest BCUT2D eigenvalue weighted by Crippen LogP contribution is -2.30. The Kier molecular flexibility index (Phi) is 62.9. The number of hydrogen-bond donors (Lipinski definition) is 0. The Morgan fingerprint density at radius 2 is 0.481 bits per heavy atom. The second-order valence-electron chi connectivity index (χ2n) is 20.9. The molecule has 0 aliphatic rings. The van der Waals surface area contributed by atoms with Crippen LogP contribution in [0.3, 0.4) is 0 Å². The van der Waals surface area contributed by atoms with Gasteiger partial charge in [-0.1, -0.05) is 281 Å². The van der Waals surface area contributed by atoms with Crippen molar-refractivity contribution in [1.82, 2.24) is 0 Å². The number of ether oxygens (including phenoxy) is 3. The predicted molar refractivity (Wildman–Crippen MR) is 352 cm³/mol. The van der Waals surface area contributed by atoms with Crippen LogP contribution in [0.5, 0.6) is 0 Å². The summed E-state index contributed by atoms with van der Waals surface area (Å²) in [4.78, 5) is 38.2. The zero-order valence-electron chi connectivity index (χ0n) is 52.0. The Hall–Kier alpha value is -5.23. The van der Waals surface area contributed by atoms with Crippen molar-refractivity contribution in [3.8, 4) is 0 Å². The minimum Gasteiger partial charge on any atom is -0.462 e. The van der Waals surface area contributed by atoms with Crippen LogP contribution in [0.4, 0.5) is 0 Å². The van der Waals surface area contributed by atoms with Crippen molar-refractivity contribution in [2.75, 3.05) is 13.2 Å². The highest BCUT2D eigenvalue weighted by molar-refractivity contribution is 5.71. The normalized spacial score (nSPS) is 13.3. The van der Waals surface area contributed by atoms with Crippen molar-refractivity contribution in [2.45, 2.75) is 271 Å². The van der Waals surface area contributed by atoms with Gasteiger partial charge in [-0.15, -0.1) is 0 Å². The molecule has 0 fully saturated rings. The van der Waals surface area contributed by atoms with Crippen LogP contribution in [0.1, 0.15) is 265 Å². The molecule has 0 aliphatic carbocycles. The van der Waals surface area contributed by atoms with E-state index in [0.717, 1.165) is 154 Å². The molecule has 0 rings (SSSR count). The summed E-state index contributed by atoms with van der Waals surface area (Å²) in [6.45, 7) is 6.35. The fraction of sp³-hybridized carbons (Fsp3) is 0.587. The average molecular weight is 1120 g/mol. The van der Waals surface area contributed by atoms with E-state index in [0.29, 0.717) is 19.3 Å². The van der Waals surface area contributed by atoms with Crippen LogP contribution in [-0.2, 0) is 28.6 Å². The van der Waals surface area contributed by atoms with Crippen molar-refractivity contribution in [2.24, 2.45) is 0 Å². The maximum atomic E-state index is 12.9. The number of allylic oxidation sites excluding steroid dienone is 28. The highest BCUT2D eigenvalue weighted by Gasteiger charge is 2.19. The quantitative estimate of drug-likeness (QED) is 0.0261. The Morgan fingerprint density at radius 1 is 0.259 bits per heavy atom. The first-order valence-electron chi connectivity index (χ1n) is 32.6. The molecule has 0 amide bonds. The fourth-order valence-electron chi connectivity index (χ4n) is 8.40. The Morgan fingerprint density at radius 3 is 0.765 bits per heavy atom. The second kappa shape index (κ2) is 67.3. The van der Waals surface area contributed by atoms with E-state index in [-0.39, 0.29) is 37.5 Å². The molecule has 1 unspecified atom stereocenters. The van der Waals surface area contributed by atoms with E-state index in [1.807, 2.05) is 0 Å². The maximum Gasteiger partial charge on any atom is 0.306 e. The van der Waals surface area contributed by atoms with Gasteiger partial charge in [-0.05, 0) is 135 Å². The van der Waals surface area contributed by atoms with Crippen molar-refractivity contribution in [1.29, 1.82) is 0 Å². The third kappa shape index (κ3) is 65.5. The van der Waals surface area contributed by atoms with Crippen LogP contribution in [0.25, 0.3) is 0 Å². The predicted octanol–water partition coefficient (Wildman–Crippen LogP) is 22.7. The van der Waals surface area contributed by atoms with Gasteiger partial charge in [0.15, 0.2) is 6.10 Å². The Labute approximate surface area is 498 Å². The van der Waals surface area contributed by atoms with Gasteiger partial charge in [-0.3, -0.25) is 14.4 Å². The van der Waals surface area contributed by atoms with E-state index in [1.54, 1.807) is 0 Å². The zero-order valence-corrected chi connectivity index (χ0v) is 52.0. The summed E-state index contributed by atoms with van der Waals surface area (Å²) in [5, 5.41) is 0. The lowest BCUT2D eigenvalue weighted by molar-refractivity contribution is -0.167. The minimum atomic E-state index is -0.808. The number of carbonyl (C=O) groups is 3. The topological polar surface area (TPSA) is 78.9 Å². The summed E-state index contributed by atoms with van der Waals surface area (Å²) in [6.07, 6.45) is 99.4. The molecular formula is C75H118O6. The van der Waals surface area contributed by atoms with Gasteiger partial charge in [0.1, 0.15) is 13.2 Å². The molecule has 0 bridgehead atoms. The summed E-state index contributed by atoms with van der Waals surface area (Å²) >= 11 is 0. The van der Waals surface area contributed by atoms with Crippen LogP contribution in [0.2, 0.25) is 0 Å². The SMILES string of the molecule is CC/C=C\C/C=C\C/C=C\C/C=C\C/C=C\C/C=C\C/C=C\CCCCCCCCCC(=O)OCC(COC(=O)CCCCCCCCCCC)OC(=O)CCCCC/C=C\C/C=C\C/C=C\C/C=C\C/C=C\C/C=C\C/C=C\CC. The van der Waals surface area contributed by atoms with Crippen molar-refractivity contribution < 1.29 is 28.6 Å². The third-order valence-corrected chi connectivity index (χ3v) is 13.2. The smallest absolute Gasteiger partial charge is 0.306 e. The van der Waals surface area contributed by atoms with Crippen LogP contribution in [-0.4, -0.2) is 37.2 Å². The number of unbranched alkanes of at least 4 members (excludes halogenated alkanes) is 18. The molecule has 0 aromatic carbocycles. The standard InChI is InChI=1S/C75H118O6/c1-4-7-10-13-16-19-21-23-25-27-29-31-33-35-36-37-38-40-41-43-45-47-49-51-53-56-59-62-65-68-74(77)80-71-72(70-79-73(76)67-64-61-58-55-18-15-12-9-6-3)81-75(78)69-66-63-60-57-54-52-50-48-46-44-42-39-34-32-30-28-26-24-22-20-17-14-11-8-5-2/h7-8,10-11,16-17,19-20,23-26,29-32,35-36,38-40,42-43,45-46,48,52,54,72H,4-6,9,12-15,18,21-22,27-28,33-34,37,41,44,47,49-51,53,55-71H2,1-3H3/b10-7-,11-8-,19-16-,20-17-,25-23-,26-24-,31-29-,32-30-,36-35-,40-38-,42-39-,45-43-,48-46-,54-52-. The molecular weight excluding hydrogens is 997 g/mol. The molecule has 6 nitrogen and oxygen atoms in total. The van der Waals surface area contributed by atoms with E-state index in [2.05, 4.69) is 191 Å². The van der Waals surface area contributed by atoms with E-state index in [9.17, 15) is 14.4 Å². The lowest BCUT2D eigenvalue weighted by atomic mass is 10.1. The average Bonchev–Trinajstić information content (AvgIpc) is 3.47. The summed E-state index contributed by atoms with van der Waals surface area (Å²) < 4.78 is 16.8. The van der Waals surface area contributed by atoms with Gasteiger partial charge >= 0.3 is 17.9 Å². The monoisotopic (exact) mass is 1110 g/mol. The van der Waals surface area contributed by atoms with Gasteiger partial charge in [0.2, 0.25) is 0 Å². The first-order chi connectivity index (χ1) is 40.0. The van der Waals surface area contributed by atoms with E-state index >= 15 is 0 Å². The first kappa shape index (κ1) is 75.8. The molecule has 0 saturated heterocycles. The van der Waals surface area contributed by atoms with Gasteiger partial charge in [0.05, 0.1) is 0 Å². The number of rotatable bonds is 57. The third-order valence-electron chi connectivity index (χ3n) is 13.2. The minimum absolute atomic E-state index is 0.101. The van der Waals surface area contributed by atoms with E-state index < -0.39 is 6.10 Å². The summed E-state index contributed by atoms with van der Waals surface area (Å²) in [5.41, 5.74) is 0. The highest BCUT2D eigenvalue weighted by Crippen LogP contribution is 2.14. The molecule has 6 heteroatoms. The number of esters is 3. The van der Waals surface area contributed by atoms with E-state index in [1.165, 1.54) is 64.2 Å². The van der Waals surface area contributed by atoms with Crippen LogP contribution in [0.15, 0.2) is 170 Å². The van der Waals surface area contributed by atoms with Crippen LogP contribution < -0.4 is 0 Å². The molecule has 0 aromatic rings. The fourth-order valence-corrected chi connectivity index (χ4v) is 8.40. The largest absolute Gasteiger partial charge is 0.462 e. The molecule has 0 spiro atoms. The Balaban J connectivity index is 4.35. The molecule has 0 saturated carbocycles. The van der Waals surface area contributed by atoms with Crippen molar-refractivity contribution in [3.63, 3.8) is 0 Å². The first-order valence-corrected chi connectivity index (χ1v) is 32.6. The molecule has 0 heterocycles. The summed E-state index contributed by atoms with van der Waals surface area (Å²) in [6, 6.07) is 0. The van der Waals surface area contributed by atoms with Crippen LogP contribution in [0, 0.1) is 0 Å². The van der Waals surface area contributed by atoms with Gasteiger partial charge in [0.25, 0.3) is 0 Å². The van der Waals surface area contributed by atoms with Crippen molar-refractivity contribution >= 4 is 17.9 Å². The molecule has 1 atom stereocenters. The molecule has 0 aliphatic heterocycles. The van der Waals surface area contributed by atoms with Crippen LogP contribution >= 0.6 is 0 Å². The molecule has 0 aromatic heterocycles. The second-order valence-corrected chi connectivity index (χ2v) is 20.9. The molecule has 454 valence electrons. The number of hydrogen-bond acceptors (Lipinski definition) is 6. The van der Waals surface area contributed by atoms with Gasteiger partial charge in [0, 0.05) is 19.3 Å². The molecule has 0 N–H and O–H groups in total. The van der Waals surface area contributed by atoms with Gasteiger partial charge in [-0.25, -0.2) is 0 Å². The molecule has 0 radical (unpaired) electrons. The summed E-state index contributed by atoms with van der Waals surface area (Å²) in [7, 11) is 0. The van der Waals surface area contributed by atoms with Crippen molar-refractivity contribution in [3.05, 3.63) is 170 Å². The lowest BCUT2D eigenvalue weighted by Gasteiger charge is -2.18. The summed E-state index contributed by atoms with van der Waals surface area (Å²) in [5.74, 6) is -0.953. The van der Waals surface area contributed by atoms with Gasteiger partial charge < -0.3 is 14.2 Å². The zero-order chi connectivity index (χ0) is 58.5. The number of carbonyl (C=O) groups excluding carboxylic acids is 3. The van der Waals surface area contributed by atoms with Gasteiger partial charge in [-0.2, -0.15) is 0 Å². The highest BCUT2D eigenvalue weighted by atomic mass is 16.6. The Bertz CT molecular complexity index is 1860. The van der Waals surface area contributed by atoms with E-state index in [4.69, 9.17) is 14.2 Å². The molecule has 81 heavy (non-hydrogen) atoms. The maximum absolute atomic E-state index is 12.9.